The maximum Gasteiger partial charge on any atom is 0.0485 e. The molecule has 1 aliphatic heterocycles. The van der Waals surface area contributed by atoms with Crippen molar-refractivity contribution in [2.45, 2.75) is 44.3 Å². The number of hydrogen-bond acceptors (Lipinski definition) is 3. The van der Waals surface area contributed by atoms with Gasteiger partial charge in [-0.05, 0) is 37.8 Å². The normalized spacial score (nSPS) is 20.1. The average molecular weight is 295 g/mol. The SMILES string of the molecule is CN(c1cccc(Cl)c1CNC1CC1)C1CCOCC1. The highest BCUT2D eigenvalue weighted by atomic mass is 35.5. The molecule has 0 aromatic heterocycles. The first-order chi connectivity index (χ1) is 9.75. The fourth-order valence-corrected chi connectivity index (χ4v) is 3.09. The summed E-state index contributed by atoms with van der Waals surface area (Å²) in [6.45, 7) is 2.60. The fraction of sp³-hybridized carbons (Fsp3) is 0.625. The number of nitrogens with zero attached hydrogens (tertiary/aromatic N) is 1. The van der Waals surface area contributed by atoms with Crippen LogP contribution in [0, 0.1) is 0 Å². The third-order valence-electron chi connectivity index (χ3n) is 4.36. The summed E-state index contributed by atoms with van der Waals surface area (Å²) in [6, 6.07) is 7.49. The maximum atomic E-state index is 6.42. The zero-order chi connectivity index (χ0) is 13.9. The quantitative estimate of drug-likeness (QED) is 0.902. The van der Waals surface area contributed by atoms with E-state index < -0.39 is 0 Å². The molecule has 1 saturated carbocycles. The van der Waals surface area contributed by atoms with Crippen LogP contribution >= 0.6 is 11.6 Å². The fourth-order valence-electron chi connectivity index (χ4n) is 2.86. The Kier molecular flexibility index (Phi) is 4.49. The van der Waals surface area contributed by atoms with E-state index in [9.17, 15) is 0 Å². The van der Waals surface area contributed by atoms with E-state index in [0.29, 0.717) is 12.1 Å². The van der Waals surface area contributed by atoms with Crippen LogP contribution in [0.3, 0.4) is 0 Å². The van der Waals surface area contributed by atoms with Gasteiger partial charge >= 0.3 is 0 Å². The summed E-state index contributed by atoms with van der Waals surface area (Å²) in [4.78, 5) is 2.39. The third-order valence-corrected chi connectivity index (χ3v) is 4.71. The minimum absolute atomic E-state index is 0.557. The van der Waals surface area contributed by atoms with Gasteiger partial charge < -0.3 is 15.0 Å². The molecule has 1 saturated heterocycles. The molecular formula is C16H23ClN2O. The van der Waals surface area contributed by atoms with Gasteiger partial charge in [0.05, 0.1) is 0 Å². The molecular weight excluding hydrogens is 272 g/mol. The van der Waals surface area contributed by atoms with Gasteiger partial charge in [0, 0.05) is 55.2 Å². The van der Waals surface area contributed by atoms with Crippen molar-refractivity contribution in [2.75, 3.05) is 25.2 Å². The summed E-state index contributed by atoms with van der Waals surface area (Å²) in [6.07, 6.45) is 4.79. The topological polar surface area (TPSA) is 24.5 Å². The van der Waals surface area contributed by atoms with Crippen molar-refractivity contribution in [3.05, 3.63) is 28.8 Å². The minimum Gasteiger partial charge on any atom is -0.381 e. The van der Waals surface area contributed by atoms with Crippen LogP contribution in [-0.2, 0) is 11.3 Å². The molecule has 0 amide bonds. The molecule has 1 heterocycles. The smallest absolute Gasteiger partial charge is 0.0485 e. The molecule has 2 aliphatic rings. The van der Waals surface area contributed by atoms with Crippen molar-refractivity contribution in [2.24, 2.45) is 0 Å². The molecule has 0 bridgehead atoms. The standard InChI is InChI=1S/C16H23ClN2O/c1-19(13-7-9-20-10-8-13)16-4-2-3-15(17)14(16)11-18-12-5-6-12/h2-4,12-13,18H,5-11H2,1H3. The highest BCUT2D eigenvalue weighted by molar-refractivity contribution is 6.31. The molecule has 1 aromatic carbocycles. The zero-order valence-corrected chi connectivity index (χ0v) is 12.8. The van der Waals surface area contributed by atoms with Gasteiger partial charge in [-0.3, -0.25) is 0 Å². The highest BCUT2D eigenvalue weighted by Gasteiger charge is 2.24. The second-order valence-corrected chi connectivity index (χ2v) is 6.25. The largest absolute Gasteiger partial charge is 0.381 e. The Morgan fingerprint density at radius 2 is 2.00 bits per heavy atom. The van der Waals surface area contributed by atoms with Crippen LogP contribution in [0.25, 0.3) is 0 Å². The predicted molar refractivity (Wildman–Crippen MR) is 83.6 cm³/mol. The molecule has 1 aromatic rings. The van der Waals surface area contributed by atoms with E-state index in [1.165, 1.54) is 24.1 Å². The van der Waals surface area contributed by atoms with Gasteiger partial charge in [0.25, 0.3) is 0 Å². The van der Waals surface area contributed by atoms with E-state index in [-0.39, 0.29) is 0 Å². The van der Waals surface area contributed by atoms with Crippen LogP contribution in [0.15, 0.2) is 18.2 Å². The van der Waals surface area contributed by atoms with E-state index in [1.807, 2.05) is 12.1 Å². The molecule has 1 aliphatic carbocycles. The number of nitrogens with one attached hydrogen (secondary N) is 1. The summed E-state index contributed by atoms with van der Waals surface area (Å²) in [7, 11) is 2.18. The van der Waals surface area contributed by atoms with Crippen LogP contribution in [0.1, 0.15) is 31.2 Å². The molecule has 0 spiro atoms. The average Bonchev–Trinajstić information content (AvgIpc) is 3.30. The number of halogens is 1. The summed E-state index contributed by atoms with van der Waals surface area (Å²) in [5.74, 6) is 0. The summed E-state index contributed by atoms with van der Waals surface area (Å²) < 4.78 is 5.46. The Balaban J connectivity index is 1.77. The molecule has 0 atom stereocenters. The Hall–Kier alpha value is -0.770. The lowest BCUT2D eigenvalue weighted by molar-refractivity contribution is 0.0854. The van der Waals surface area contributed by atoms with Gasteiger partial charge in [0.1, 0.15) is 0 Å². The molecule has 2 fully saturated rings. The van der Waals surface area contributed by atoms with Gasteiger partial charge in [-0.2, -0.15) is 0 Å². The first-order valence-electron chi connectivity index (χ1n) is 7.57. The first kappa shape index (κ1) is 14.2. The number of rotatable bonds is 5. The van der Waals surface area contributed by atoms with Gasteiger partial charge in [0.15, 0.2) is 0 Å². The van der Waals surface area contributed by atoms with E-state index in [2.05, 4.69) is 23.3 Å². The van der Waals surface area contributed by atoms with Crippen LogP contribution in [0.5, 0.6) is 0 Å². The Bertz CT molecular complexity index is 456. The van der Waals surface area contributed by atoms with Crippen molar-refractivity contribution in [1.82, 2.24) is 5.32 Å². The molecule has 3 rings (SSSR count). The van der Waals surface area contributed by atoms with Crippen molar-refractivity contribution in [3.63, 3.8) is 0 Å². The van der Waals surface area contributed by atoms with Crippen molar-refractivity contribution < 1.29 is 4.74 Å². The second-order valence-electron chi connectivity index (χ2n) is 5.85. The van der Waals surface area contributed by atoms with Gasteiger partial charge in [-0.1, -0.05) is 17.7 Å². The van der Waals surface area contributed by atoms with E-state index >= 15 is 0 Å². The Morgan fingerprint density at radius 3 is 2.70 bits per heavy atom. The number of hydrogen-bond donors (Lipinski definition) is 1. The van der Waals surface area contributed by atoms with Crippen LogP contribution in [0.4, 0.5) is 5.69 Å². The number of ether oxygens (including phenoxy) is 1. The van der Waals surface area contributed by atoms with Crippen molar-refractivity contribution in [3.8, 4) is 0 Å². The zero-order valence-electron chi connectivity index (χ0n) is 12.1. The minimum atomic E-state index is 0.557. The highest BCUT2D eigenvalue weighted by Crippen LogP contribution is 2.31. The number of anilines is 1. The molecule has 110 valence electrons. The molecule has 4 heteroatoms. The van der Waals surface area contributed by atoms with Gasteiger partial charge in [-0.15, -0.1) is 0 Å². The molecule has 1 N–H and O–H groups in total. The lowest BCUT2D eigenvalue weighted by Gasteiger charge is -2.34. The van der Waals surface area contributed by atoms with Gasteiger partial charge in [-0.25, -0.2) is 0 Å². The van der Waals surface area contributed by atoms with Crippen molar-refractivity contribution >= 4 is 17.3 Å². The number of benzene rings is 1. The lowest BCUT2D eigenvalue weighted by atomic mass is 10.0. The summed E-state index contributed by atoms with van der Waals surface area (Å²) in [5, 5.41) is 4.45. The summed E-state index contributed by atoms with van der Waals surface area (Å²) >= 11 is 6.42. The van der Waals surface area contributed by atoms with Crippen molar-refractivity contribution in [1.29, 1.82) is 0 Å². The van der Waals surface area contributed by atoms with E-state index in [4.69, 9.17) is 16.3 Å². The third kappa shape index (κ3) is 3.27. The summed E-state index contributed by atoms with van der Waals surface area (Å²) in [5.41, 5.74) is 2.49. The molecule has 0 unspecified atom stereocenters. The van der Waals surface area contributed by atoms with Crippen LogP contribution in [-0.4, -0.2) is 32.3 Å². The first-order valence-corrected chi connectivity index (χ1v) is 7.95. The Morgan fingerprint density at radius 1 is 1.25 bits per heavy atom. The predicted octanol–water partition coefficient (Wildman–Crippen LogP) is 3.21. The monoisotopic (exact) mass is 294 g/mol. The molecule has 3 nitrogen and oxygen atoms in total. The second kappa shape index (κ2) is 6.33. The Labute approximate surface area is 126 Å². The molecule has 0 radical (unpaired) electrons. The maximum absolute atomic E-state index is 6.42. The van der Waals surface area contributed by atoms with E-state index in [0.717, 1.165) is 37.6 Å². The van der Waals surface area contributed by atoms with Gasteiger partial charge in [0.2, 0.25) is 0 Å². The van der Waals surface area contributed by atoms with Crippen LogP contribution < -0.4 is 10.2 Å². The lowest BCUT2D eigenvalue weighted by Crippen LogP contribution is -2.37. The van der Waals surface area contributed by atoms with Crippen LogP contribution in [0.2, 0.25) is 5.02 Å². The van der Waals surface area contributed by atoms with E-state index in [1.54, 1.807) is 0 Å². The molecule has 20 heavy (non-hydrogen) atoms.